The lowest BCUT2D eigenvalue weighted by Crippen LogP contribution is -2.31. The van der Waals surface area contributed by atoms with Crippen LogP contribution in [0.15, 0.2) is 24.3 Å². The standard InChI is InChI=1S/C12H12FNO2S/c1-2-17-10-7-11(15)14(12(10)16)9-5-3-8(13)4-6-9/h3-6,10H,2,7H2,1H3/t10-/m1/s1. The van der Waals surface area contributed by atoms with Crippen LogP contribution in [0.2, 0.25) is 0 Å². The highest BCUT2D eigenvalue weighted by Crippen LogP contribution is 2.29. The van der Waals surface area contributed by atoms with Crippen molar-refractivity contribution < 1.29 is 14.0 Å². The zero-order chi connectivity index (χ0) is 12.4. The van der Waals surface area contributed by atoms with E-state index in [0.29, 0.717) is 5.69 Å². The van der Waals surface area contributed by atoms with Crippen LogP contribution in [0.3, 0.4) is 0 Å². The monoisotopic (exact) mass is 253 g/mol. The van der Waals surface area contributed by atoms with Crippen molar-refractivity contribution in [1.82, 2.24) is 0 Å². The van der Waals surface area contributed by atoms with E-state index in [1.807, 2.05) is 6.92 Å². The average molecular weight is 253 g/mol. The van der Waals surface area contributed by atoms with Crippen molar-refractivity contribution in [2.24, 2.45) is 0 Å². The summed E-state index contributed by atoms with van der Waals surface area (Å²) in [5, 5.41) is -0.294. The summed E-state index contributed by atoms with van der Waals surface area (Å²) >= 11 is 1.47. The fourth-order valence-corrected chi connectivity index (χ4v) is 2.71. The topological polar surface area (TPSA) is 37.4 Å². The van der Waals surface area contributed by atoms with Gasteiger partial charge < -0.3 is 0 Å². The molecule has 1 aliphatic rings. The Balaban J connectivity index is 2.24. The Morgan fingerprint density at radius 3 is 2.59 bits per heavy atom. The zero-order valence-electron chi connectivity index (χ0n) is 9.35. The molecule has 5 heteroatoms. The first-order valence-electron chi connectivity index (χ1n) is 5.37. The molecule has 90 valence electrons. The normalized spacial score (nSPS) is 20.1. The number of hydrogen-bond acceptors (Lipinski definition) is 3. The van der Waals surface area contributed by atoms with E-state index in [0.717, 1.165) is 10.7 Å². The van der Waals surface area contributed by atoms with E-state index in [-0.39, 0.29) is 29.3 Å². The summed E-state index contributed by atoms with van der Waals surface area (Å²) in [4.78, 5) is 24.9. The Morgan fingerprint density at radius 2 is 2.00 bits per heavy atom. The van der Waals surface area contributed by atoms with Gasteiger partial charge in [-0.05, 0) is 30.0 Å². The van der Waals surface area contributed by atoms with Gasteiger partial charge in [-0.1, -0.05) is 6.92 Å². The maximum absolute atomic E-state index is 12.8. The maximum Gasteiger partial charge on any atom is 0.247 e. The van der Waals surface area contributed by atoms with Gasteiger partial charge in [0.25, 0.3) is 0 Å². The number of halogens is 1. The Kier molecular flexibility index (Phi) is 3.47. The minimum atomic E-state index is -0.382. The number of anilines is 1. The quantitative estimate of drug-likeness (QED) is 0.775. The van der Waals surface area contributed by atoms with Crippen molar-refractivity contribution in [3.05, 3.63) is 30.1 Å². The summed E-state index contributed by atoms with van der Waals surface area (Å²) in [7, 11) is 0. The predicted octanol–water partition coefficient (Wildman–Crippen LogP) is 2.21. The second-order valence-corrected chi connectivity index (χ2v) is 5.17. The molecule has 17 heavy (non-hydrogen) atoms. The second-order valence-electron chi connectivity index (χ2n) is 3.69. The highest BCUT2D eigenvalue weighted by molar-refractivity contribution is 8.00. The van der Waals surface area contributed by atoms with Gasteiger partial charge in [-0.2, -0.15) is 0 Å². The van der Waals surface area contributed by atoms with Crippen LogP contribution in [-0.2, 0) is 9.59 Å². The molecule has 1 aromatic rings. The first kappa shape index (κ1) is 12.1. The van der Waals surface area contributed by atoms with Crippen LogP contribution in [0.5, 0.6) is 0 Å². The molecule has 1 atom stereocenters. The minimum Gasteiger partial charge on any atom is -0.274 e. The summed E-state index contributed by atoms with van der Waals surface area (Å²) in [5.41, 5.74) is 0.445. The highest BCUT2D eigenvalue weighted by atomic mass is 32.2. The maximum atomic E-state index is 12.8. The van der Waals surface area contributed by atoms with Gasteiger partial charge in [0.05, 0.1) is 10.9 Å². The molecule has 3 nitrogen and oxygen atoms in total. The molecule has 1 aliphatic heterocycles. The van der Waals surface area contributed by atoms with Gasteiger partial charge in [0.2, 0.25) is 11.8 Å². The van der Waals surface area contributed by atoms with Gasteiger partial charge in [-0.25, -0.2) is 9.29 Å². The average Bonchev–Trinajstić information content (AvgIpc) is 2.57. The largest absolute Gasteiger partial charge is 0.274 e. The number of imide groups is 1. The molecule has 0 spiro atoms. The van der Waals surface area contributed by atoms with E-state index in [2.05, 4.69) is 0 Å². The van der Waals surface area contributed by atoms with Gasteiger partial charge in [0, 0.05) is 6.42 Å². The van der Waals surface area contributed by atoms with Gasteiger partial charge in [0.15, 0.2) is 0 Å². The molecule has 2 amide bonds. The summed E-state index contributed by atoms with van der Waals surface area (Å²) in [5.74, 6) is -0.00523. The lowest BCUT2D eigenvalue weighted by Gasteiger charge is -2.14. The molecule has 0 radical (unpaired) electrons. The van der Waals surface area contributed by atoms with Crippen LogP contribution in [-0.4, -0.2) is 22.8 Å². The Hall–Kier alpha value is -1.36. The molecule has 1 fully saturated rings. The number of amides is 2. The SMILES string of the molecule is CCS[C@@H]1CC(=O)N(c2ccc(F)cc2)C1=O. The third kappa shape index (κ3) is 2.34. The van der Waals surface area contributed by atoms with Crippen LogP contribution < -0.4 is 4.90 Å². The molecular formula is C12H12FNO2S. The third-order valence-corrected chi connectivity index (χ3v) is 3.66. The van der Waals surface area contributed by atoms with Gasteiger partial charge in [-0.3, -0.25) is 9.59 Å². The number of rotatable bonds is 3. The summed E-state index contributed by atoms with van der Waals surface area (Å²) in [6, 6.07) is 5.39. The number of thioether (sulfide) groups is 1. The number of nitrogens with zero attached hydrogens (tertiary/aromatic N) is 1. The van der Waals surface area contributed by atoms with E-state index < -0.39 is 0 Å². The number of benzene rings is 1. The van der Waals surface area contributed by atoms with Gasteiger partial charge in [0.1, 0.15) is 5.82 Å². The van der Waals surface area contributed by atoms with Crippen LogP contribution in [0.4, 0.5) is 10.1 Å². The first-order chi connectivity index (χ1) is 8.13. The summed E-state index contributed by atoms with van der Waals surface area (Å²) in [6.45, 7) is 1.95. The zero-order valence-corrected chi connectivity index (χ0v) is 10.2. The van der Waals surface area contributed by atoms with Crippen LogP contribution in [0.25, 0.3) is 0 Å². The first-order valence-corrected chi connectivity index (χ1v) is 6.42. The lowest BCUT2D eigenvalue weighted by molar-refractivity contribution is -0.121. The van der Waals surface area contributed by atoms with E-state index in [1.54, 1.807) is 0 Å². The molecule has 1 heterocycles. The second kappa shape index (κ2) is 4.87. The van der Waals surface area contributed by atoms with Gasteiger partial charge in [-0.15, -0.1) is 11.8 Å². The Labute approximate surface area is 103 Å². The molecule has 0 N–H and O–H groups in total. The van der Waals surface area contributed by atoms with Crippen molar-refractivity contribution in [3.63, 3.8) is 0 Å². The number of carbonyl (C=O) groups is 2. The summed E-state index contributed by atoms with van der Waals surface area (Å²) in [6.07, 6.45) is 0.231. The Morgan fingerprint density at radius 1 is 1.35 bits per heavy atom. The van der Waals surface area contributed by atoms with E-state index in [4.69, 9.17) is 0 Å². The minimum absolute atomic E-state index is 0.201. The molecule has 0 saturated carbocycles. The van der Waals surface area contributed by atoms with Crippen molar-refractivity contribution in [2.45, 2.75) is 18.6 Å². The predicted molar refractivity (Wildman–Crippen MR) is 65.4 cm³/mol. The molecule has 0 unspecified atom stereocenters. The van der Waals surface area contributed by atoms with E-state index >= 15 is 0 Å². The molecular weight excluding hydrogens is 241 g/mol. The molecule has 0 bridgehead atoms. The molecule has 0 aliphatic carbocycles. The van der Waals surface area contributed by atoms with Crippen LogP contribution in [0.1, 0.15) is 13.3 Å². The van der Waals surface area contributed by atoms with Crippen molar-refractivity contribution in [3.8, 4) is 0 Å². The van der Waals surface area contributed by atoms with Crippen molar-refractivity contribution in [1.29, 1.82) is 0 Å². The number of hydrogen-bond donors (Lipinski definition) is 0. The van der Waals surface area contributed by atoms with Crippen molar-refractivity contribution in [2.75, 3.05) is 10.7 Å². The third-order valence-electron chi connectivity index (χ3n) is 2.56. The smallest absolute Gasteiger partial charge is 0.247 e. The van der Waals surface area contributed by atoms with Gasteiger partial charge >= 0.3 is 0 Å². The molecule has 0 aromatic heterocycles. The van der Waals surface area contributed by atoms with E-state index in [9.17, 15) is 14.0 Å². The fourth-order valence-electron chi connectivity index (χ4n) is 1.80. The Bertz CT molecular complexity index is 446. The van der Waals surface area contributed by atoms with Crippen molar-refractivity contribution >= 4 is 29.3 Å². The van der Waals surface area contributed by atoms with Crippen LogP contribution in [0, 0.1) is 5.82 Å². The fraction of sp³-hybridized carbons (Fsp3) is 0.333. The highest BCUT2D eigenvalue weighted by Gasteiger charge is 2.39. The molecule has 2 rings (SSSR count). The lowest BCUT2D eigenvalue weighted by atomic mass is 10.3. The van der Waals surface area contributed by atoms with E-state index in [1.165, 1.54) is 36.0 Å². The number of carbonyl (C=O) groups excluding carboxylic acids is 2. The summed E-state index contributed by atoms with van der Waals surface area (Å²) < 4.78 is 12.8. The molecule has 1 saturated heterocycles. The molecule has 1 aromatic carbocycles. The van der Waals surface area contributed by atoms with Crippen LogP contribution >= 0.6 is 11.8 Å².